The molecular weight excluding hydrogens is 567 g/mol. The van der Waals surface area contributed by atoms with Gasteiger partial charge in [-0.2, -0.15) is 0 Å². The van der Waals surface area contributed by atoms with E-state index in [0.29, 0.717) is 12.2 Å². The fourth-order valence-electron chi connectivity index (χ4n) is 4.27. The van der Waals surface area contributed by atoms with E-state index >= 15 is 0 Å². The van der Waals surface area contributed by atoms with E-state index in [0.717, 1.165) is 18.9 Å². The number of amides is 3. The van der Waals surface area contributed by atoms with Gasteiger partial charge in [0.05, 0.1) is 11.6 Å². The molecule has 0 saturated carbocycles. The van der Waals surface area contributed by atoms with Crippen LogP contribution in [-0.4, -0.2) is 83.1 Å². The van der Waals surface area contributed by atoms with Crippen molar-refractivity contribution in [1.82, 2.24) is 20.1 Å². The molecule has 1 aliphatic heterocycles. The van der Waals surface area contributed by atoms with Crippen LogP contribution in [0.3, 0.4) is 0 Å². The summed E-state index contributed by atoms with van der Waals surface area (Å²) in [5, 5.41) is 2.36. The second kappa shape index (κ2) is 14.9. The molecule has 0 spiro atoms. The van der Waals surface area contributed by atoms with Gasteiger partial charge in [-0.25, -0.2) is 14.2 Å². The third-order valence-corrected chi connectivity index (χ3v) is 6.70. The molecule has 228 valence electrons. The van der Waals surface area contributed by atoms with E-state index in [1.54, 1.807) is 51.1 Å². The summed E-state index contributed by atoms with van der Waals surface area (Å²) >= 11 is 6.10. The summed E-state index contributed by atoms with van der Waals surface area (Å²) in [5.41, 5.74) is -0.582. The molecule has 42 heavy (non-hydrogen) atoms. The fraction of sp³-hybridized carbons (Fsp3) is 0.500. The average Bonchev–Trinajstić information content (AvgIpc) is 2.95. The quantitative estimate of drug-likeness (QED) is 0.304. The third-order valence-electron chi connectivity index (χ3n) is 6.43. The van der Waals surface area contributed by atoms with Crippen molar-refractivity contribution in [2.24, 2.45) is 0 Å². The van der Waals surface area contributed by atoms with Crippen LogP contribution in [0, 0.1) is 5.82 Å². The number of halogens is 2. The Morgan fingerprint density at radius 1 is 1.07 bits per heavy atom. The van der Waals surface area contributed by atoms with Crippen molar-refractivity contribution in [3.8, 4) is 11.3 Å². The number of benzene rings is 1. The second-order valence-electron chi connectivity index (χ2n) is 10.9. The van der Waals surface area contributed by atoms with Crippen LogP contribution in [-0.2, 0) is 19.1 Å². The van der Waals surface area contributed by atoms with Gasteiger partial charge in [-0.3, -0.25) is 14.4 Å². The zero-order valence-electron chi connectivity index (χ0n) is 24.5. The minimum absolute atomic E-state index is 0.0424. The Morgan fingerprint density at radius 3 is 2.33 bits per heavy atom. The zero-order valence-corrected chi connectivity index (χ0v) is 25.2. The zero-order chi connectivity index (χ0) is 30.9. The van der Waals surface area contributed by atoms with E-state index in [-0.39, 0.29) is 55.4 Å². The Morgan fingerprint density at radius 2 is 1.71 bits per heavy atom. The first kappa shape index (κ1) is 32.8. The number of esters is 1. The van der Waals surface area contributed by atoms with Crippen LogP contribution < -0.4 is 5.32 Å². The number of rotatable bonds is 10. The highest BCUT2D eigenvalue weighted by molar-refractivity contribution is 6.31. The van der Waals surface area contributed by atoms with Crippen molar-refractivity contribution in [1.29, 1.82) is 0 Å². The fourth-order valence-corrected chi connectivity index (χ4v) is 4.46. The Balaban J connectivity index is 1.76. The number of carbonyl (C=O) groups excluding carboxylic acids is 4. The smallest absolute Gasteiger partial charge is 0.409 e. The predicted molar refractivity (Wildman–Crippen MR) is 155 cm³/mol. The van der Waals surface area contributed by atoms with E-state index in [9.17, 15) is 23.6 Å². The molecule has 0 bridgehead atoms. The van der Waals surface area contributed by atoms with Gasteiger partial charge in [0, 0.05) is 38.2 Å². The molecule has 1 N–H and O–H groups in total. The van der Waals surface area contributed by atoms with Crippen molar-refractivity contribution in [3.63, 3.8) is 0 Å². The van der Waals surface area contributed by atoms with Gasteiger partial charge in [-0.1, -0.05) is 55.3 Å². The first-order valence-electron chi connectivity index (χ1n) is 14.0. The number of unbranched alkanes of at least 4 members (excludes halogenated alkanes) is 1. The first-order valence-corrected chi connectivity index (χ1v) is 14.4. The van der Waals surface area contributed by atoms with E-state index < -0.39 is 41.3 Å². The molecule has 1 atom stereocenters. The van der Waals surface area contributed by atoms with E-state index in [2.05, 4.69) is 10.3 Å². The van der Waals surface area contributed by atoms with Crippen molar-refractivity contribution >= 4 is 35.5 Å². The van der Waals surface area contributed by atoms with Gasteiger partial charge in [-0.05, 0) is 39.7 Å². The summed E-state index contributed by atoms with van der Waals surface area (Å²) in [6.07, 6.45) is 1.06. The summed E-state index contributed by atoms with van der Waals surface area (Å²) in [6.45, 7) is 8.50. The normalized spacial score (nSPS) is 14.2. The highest BCUT2D eigenvalue weighted by Gasteiger charge is 2.32. The van der Waals surface area contributed by atoms with E-state index in [1.807, 2.05) is 6.92 Å². The lowest BCUT2D eigenvalue weighted by molar-refractivity contribution is -0.155. The van der Waals surface area contributed by atoms with Crippen LogP contribution >= 0.6 is 11.6 Å². The lowest BCUT2D eigenvalue weighted by Gasteiger charge is -2.36. The van der Waals surface area contributed by atoms with Crippen LogP contribution in [0.25, 0.3) is 11.3 Å². The maximum atomic E-state index is 14.8. The number of hydrogen-bond acceptors (Lipinski definition) is 7. The third kappa shape index (κ3) is 9.40. The molecule has 1 saturated heterocycles. The van der Waals surface area contributed by atoms with Crippen molar-refractivity contribution < 1.29 is 33.0 Å². The highest BCUT2D eigenvalue weighted by Crippen LogP contribution is 2.27. The minimum atomic E-state index is -1.11. The molecule has 2 aromatic rings. The number of piperazine rings is 1. The van der Waals surface area contributed by atoms with Gasteiger partial charge in [0.25, 0.3) is 5.91 Å². The van der Waals surface area contributed by atoms with Gasteiger partial charge in [0.2, 0.25) is 5.91 Å². The van der Waals surface area contributed by atoms with Gasteiger partial charge < -0.3 is 24.6 Å². The summed E-state index contributed by atoms with van der Waals surface area (Å²) in [6, 6.07) is 8.41. The number of hydrogen-bond donors (Lipinski definition) is 1. The number of pyridine rings is 1. The van der Waals surface area contributed by atoms with E-state index in [1.165, 1.54) is 9.80 Å². The molecular formula is C30H38ClFN4O6. The largest absolute Gasteiger partial charge is 0.460 e. The van der Waals surface area contributed by atoms with Crippen molar-refractivity contribution in [2.45, 2.75) is 65.0 Å². The van der Waals surface area contributed by atoms with Gasteiger partial charge in [0.15, 0.2) is 5.82 Å². The van der Waals surface area contributed by atoms with Crippen molar-refractivity contribution in [2.75, 3.05) is 32.8 Å². The SMILES string of the molecule is CCCCOC(=O)N1CCN(C(=O)C(CCC(=O)OC(C)(C)C)NC(=O)c2cc(Cl)c(F)c(-c3ccccc3)n2)CC1. The van der Waals surface area contributed by atoms with Crippen molar-refractivity contribution in [3.05, 3.63) is 52.9 Å². The molecule has 2 heterocycles. The van der Waals surface area contributed by atoms with Crippen LogP contribution in [0.4, 0.5) is 9.18 Å². The molecule has 3 amide bonds. The molecule has 1 unspecified atom stereocenters. The molecule has 0 aliphatic carbocycles. The van der Waals surface area contributed by atoms with E-state index in [4.69, 9.17) is 21.1 Å². The molecule has 12 heteroatoms. The Hall–Kier alpha value is -3.73. The monoisotopic (exact) mass is 604 g/mol. The standard InChI is InChI=1S/C30H38ClFN4O6/c1-5-6-18-41-29(40)36-16-14-35(15-17-36)28(39)22(12-13-24(37)42-30(2,3)4)34-27(38)23-19-21(31)25(32)26(33-23)20-10-8-7-9-11-20/h7-11,19,22H,5-6,12-18H2,1-4H3,(H,34,38). The summed E-state index contributed by atoms with van der Waals surface area (Å²) < 4.78 is 25.4. The molecule has 1 fully saturated rings. The number of aromatic nitrogens is 1. The van der Waals surface area contributed by atoms with Gasteiger partial charge in [-0.15, -0.1) is 0 Å². The van der Waals surface area contributed by atoms with Crippen LogP contribution in [0.15, 0.2) is 36.4 Å². The lowest BCUT2D eigenvalue weighted by Crippen LogP contribution is -2.56. The number of nitrogens with one attached hydrogen (secondary N) is 1. The van der Waals surface area contributed by atoms with Crippen LogP contribution in [0.5, 0.6) is 0 Å². The Bertz CT molecular complexity index is 1260. The Labute approximate surface area is 250 Å². The lowest BCUT2D eigenvalue weighted by atomic mass is 10.1. The molecule has 10 nitrogen and oxygen atoms in total. The maximum absolute atomic E-state index is 14.8. The second-order valence-corrected chi connectivity index (χ2v) is 11.4. The summed E-state index contributed by atoms with van der Waals surface area (Å²) in [4.78, 5) is 58.9. The van der Waals surface area contributed by atoms with Crippen LogP contribution in [0.2, 0.25) is 5.02 Å². The summed E-state index contributed by atoms with van der Waals surface area (Å²) in [5.74, 6) is -2.48. The van der Waals surface area contributed by atoms with Gasteiger partial charge in [0.1, 0.15) is 23.0 Å². The van der Waals surface area contributed by atoms with Gasteiger partial charge >= 0.3 is 12.1 Å². The van der Waals surface area contributed by atoms with Crippen LogP contribution in [0.1, 0.15) is 63.9 Å². The molecule has 1 aliphatic rings. The number of nitrogens with zero attached hydrogens (tertiary/aromatic N) is 3. The maximum Gasteiger partial charge on any atom is 0.409 e. The Kier molecular flexibility index (Phi) is 11.7. The first-order chi connectivity index (χ1) is 19.9. The predicted octanol–water partition coefficient (Wildman–Crippen LogP) is 4.84. The molecule has 0 radical (unpaired) electrons. The number of carbonyl (C=O) groups is 4. The highest BCUT2D eigenvalue weighted by atomic mass is 35.5. The average molecular weight is 605 g/mol. The minimum Gasteiger partial charge on any atom is -0.460 e. The topological polar surface area (TPSA) is 118 Å². The molecule has 1 aromatic carbocycles. The number of ether oxygens (including phenoxy) is 2. The summed E-state index contributed by atoms with van der Waals surface area (Å²) in [7, 11) is 0. The molecule has 1 aromatic heterocycles. The molecule has 3 rings (SSSR count).